The molecular weight excluding hydrogens is 212 g/mol. The largest absolute Gasteiger partial charge is 0.367 e. The van der Waals surface area contributed by atoms with Gasteiger partial charge in [0.15, 0.2) is 0 Å². The second-order valence-electron chi connectivity index (χ2n) is 5.08. The summed E-state index contributed by atoms with van der Waals surface area (Å²) < 4.78 is 5.07. The first-order valence-electron chi connectivity index (χ1n) is 5.97. The van der Waals surface area contributed by atoms with E-state index in [1.165, 1.54) is 5.56 Å². The van der Waals surface area contributed by atoms with Gasteiger partial charge in [-0.3, -0.25) is 0 Å². The van der Waals surface area contributed by atoms with Gasteiger partial charge in [0.25, 0.3) is 0 Å². The number of nitrogens with two attached hydrogens (primary N) is 1. The molecule has 0 spiro atoms. The van der Waals surface area contributed by atoms with Crippen LogP contribution in [0.5, 0.6) is 0 Å². The van der Waals surface area contributed by atoms with Crippen LogP contribution in [0.15, 0.2) is 34.9 Å². The third-order valence-corrected chi connectivity index (χ3v) is 3.85. The van der Waals surface area contributed by atoms with Gasteiger partial charge in [-0.25, -0.2) is 0 Å². The molecule has 1 aliphatic rings. The summed E-state index contributed by atoms with van der Waals surface area (Å²) in [6.45, 7) is 2.29. The van der Waals surface area contributed by atoms with Crippen molar-refractivity contribution in [2.24, 2.45) is 0 Å². The molecule has 2 N–H and O–H groups in total. The molecule has 0 radical (unpaired) electrons. The van der Waals surface area contributed by atoms with Crippen LogP contribution in [-0.2, 0) is 18.3 Å². The Balaban J connectivity index is 2.00. The number of aromatic nitrogens is 1. The SMILES string of the molecule is CC1(c2ccccc2)CCc2noc(N)c2C1. The van der Waals surface area contributed by atoms with Crippen LogP contribution >= 0.6 is 0 Å². The summed E-state index contributed by atoms with van der Waals surface area (Å²) in [5, 5.41) is 4.02. The van der Waals surface area contributed by atoms with E-state index in [9.17, 15) is 0 Å². The average molecular weight is 228 g/mol. The van der Waals surface area contributed by atoms with E-state index in [2.05, 4.69) is 42.4 Å². The molecule has 88 valence electrons. The number of nitrogen functional groups attached to an aromatic ring is 1. The van der Waals surface area contributed by atoms with Gasteiger partial charge in [0.05, 0.1) is 5.69 Å². The lowest BCUT2D eigenvalue weighted by Crippen LogP contribution is -2.30. The zero-order chi connectivity index (χ0) is 11.9. The predicted molar refractivity (Wildman–Crippen MR) is 66.7 cm³/mol. The van der Waals surface area contributed by atoms with Gasteiger partial charge in [0.2, 0.25) is 5.88 Å². The zero-order valence-corrected chi connectivity index (χ0v) is 9.94. The number of rotatable bonds is 1. The Bertz CT molecular complexity index is 532. The number of fused-ring (bicyclic) bond motifs is 1. The summed E-state index contributed by atoms with van der Waals surface area (Å²) in [5.74, 6) is 0.488. The van der Waals surface area contributed by atoms with Crippen LogP contribution in [0.1, 0.15) is 30.2 Å². The second kappa shape index (κ2) is 3.62. The van der Waals surface area contributed by atoms with Crippen LogP contribution in [0.4, 0.5) is 5.88 Å². The lowest BCUT2D eigenvalue weighted by molar-refractivity contribution is 0.397. The Morgan fingerprint density at radius 1 is 1.29 bits per heavy atom. The zero-order valence-electron chi connectivity index (χ0n) is 9.94. The van der Waals surface area contributed by atoms with Crippen LogP contribution in [0.25, 0.3) is 0 Å². The Morgan fingerprint density at radius 3 is 2.82 bits per heavy atom. The van der Waals surface area contributed by atoms with Crippen LogP contribution < -0.4 is 5.73 Å². The smallest absolute Gasteiger partial charge is 0.225 e. The summed E-state index contributed by atoms with van der Waals surface area (Å²) in [4.78, 5) is 0. The maximum absolute atomic E-state index is 5.83. The number of anilines is 1. The van der Waals surface area contributed by atoms with Gasteiger partial charge in [-0.2, -0.15) is 0 Å². The first-order valence-corrected chi connectivity index (χ1v) is 5.97. The number of benzene rings is 1. The summed E-state index contributed by atoms with van der Waals surface area (Å²) in [5.41, 5.74) is 9.48. The molecular formula is C14H16N2O. The minimum Gasteiger partial charge on any atom is -0.367 e. The number of hydrogen-bond acceptors (Lipinski definition) is 3. The van der Waals surface area contributed by atoms with Gasteiger partial charge in [-0.1, -0.05) is 42.4 Å². The number of aryl methyl sites for hydroxylation is 1. The third kappa shape index (κ3) is 1.62. The molecule has 1 unspecified atom stereocenters. The van der Waals surface area contributed by atoms with E-state index in [-0.39, 0.29) is 5.41 Å². The first kappa shape index (κ1) is 10.4. The third-order valence-electron chi connectivity index (χ3n) is 3.85. The van der Waals surface area contributed by atoms with E-state index >= 15 is 0 Å². The summed E-state index contributed by atoms with van der Waals surface area (Å²) in [6, 6.07) is 10.6. The molecule has 0 aliphatic heterocycles. The number of nitrogens with zero attached hydrogens (tertiary/aromatic N) is 1. The summed E-state index contributed by atoms with van der Waals surface area (Å²) >= 11 is 0. The van der Waals surface area contributed by atoms with Crippen molar-refractivity contribution in [1.29, 1.82) is 0 Å². The van der Waals surface area contributed by atoms with Gasteiger partial charge in [0, 0.05) is 5.56 Å². The molecule has 1 aliphatic carbocycles. The quantitative estimate of drug-likeness (QED) is 0.816. The van der Waals surface area contributed by atoms with Crippen molar-refractivity contribution in [2.75, 3.05) is 5.73 Å². The molecule has 1 aromatic carbocycles. The summed E-state index contributed by atoms with van der Waals surface area (Å²) in [6.07, 6.45) is 2.96. The number of hydrogen-bond donors (Lipinski definition) is 1. The first-order chi connectivity index (χ1) is 8.19. The Labute approximate surface area is 101 Å². The van der Waals surface area contributed by atoms with Crippen molar-refractivity contribution >= 4 is 5.88 Å². The van der Waals surface area contributed by atoms with E-state index in [1.807, 2.05) is 0 Å². The van der Waals surface area contributed by atoms with Gasteiger partial charge >= 0.3 is 0 Å². The Morgan fingerprint density at radius 2 is 2.06 bits per heavy atom. The molecule has 2 aromatic rings. The fourth-order valence-corrected chi connectivity index (χ4v) is 2.70. The van der Waals surface area contributed by atoms with Crippen LogP contribution in [0, 0.1) is 0 Å². The highest BCUT2D eigenvalue weighted by Crippen LogP contribution is 2.39. The minimum atomic E-state index is 0.147. The van der Waals surface area contributed by atoms with E-state index < -0.39 is 0 Å². The van der Waals surface area contributed by atoms with Gasteiger partial charge in [0.1, 0.15) is 0 Å². The van der Waals surface area contributed by atoms with Crippen molar-refractivity contribution in [2.45, 2.75) is 31.6 Å². The normalized spacial score (nSPS) is 23.4. The van der Waals surface area contributed by atoms with E-state index in [0.29, 0.717) is 5.88 Å². The fourth-order valence-electron chi connectivity index (χ4n) is 2.70. The Kier molecular flexibility index (Phi) is 2.21. The standard InChI is InChI=1S/C14H16N2O/c1-14(10-5-3-2-4-6-10)8-7-12-11(9-14)13(15)17-16-12/h2-6H,7-9,15H2,1H3. The van der Waals surface area contributed by atoms with Crippen molar-refractivity contribution < 1.29 is 4.52 Å². The van der Waals surface area contributed by atoms with Crippen molar-refractivity contribution in [3.05, 3.63) is 47.2 Å². The lowest BCUT2D eigenvalue weighted by atomic mass is 9.70. The maximum Gasteiger partial charge on any atom is 0.225 e. The molecule has 0 saturated heterocycles. The lowest BCUT2D eigenvalue weighted by Gasteiger charge is -2.33. The molecule has 0 saturated carbocycles. The molecule has 0 amide bonds. The fraction of sp³-hybridized carbons (Fsp3) is 0.357. The molecule has 3 heteroatoms. The molecule has 1 heterocycles. The monoisotopic (exact) mass is 228 g/mol. The van der Waals surface area contributed by atoms with Crippen LogP contribution in [-0.4, -0.2) is 5.16 Å². The Hall–Kier alpha value is -1.77. The maximum atomic E-state index is 5.83. The molecule has 0 bridgehead atoms. The molecule has 17 heavy (non-hydrogen) atoms. The molecule has 0 fully saturated rings. The topological polar surface area (TPSA) is 52.0 Å². The van der Waals surface area contributed by atoms with Crippen molar-refractivity contribution in [3.8, 4) is 0 Å². The van der Waals surface area contributed by atoms with E-state index in [0.717, 1.165) is 30.5 Å². The highest BCUT2D eigenvalue weighted by Gasteiger charge is 2.34. The molecule has 3 nitrogen and oxygen atoms in total. The predicted octanol–water partition coefficient (Wildman–Crippen LogP) is 2.70. The van der Waals surface area contributed by atoms with Crippen molar-refractivity contribution in [1.82, 2.24) is 5.16 Å². The highest BCUT2D eigenvalue weighted by molar-refractivity contribution is 5.44. The van der Waals surface area contributed by atoms with Gasteiger partial charge < -0.3 is 10.3 Å². The van der Waals surface area contributed by atoms with Crippen LogP contribution in [0.2, 0.25) is 0 Å². The minimum absolute atomic E-state index is 0.147. The molecule has 1 aromatic heterocycles. The summed E-state index contributed by atoms with van der Waals surface area (Å²) in [7, 11) is 0. The van der Waals surface area contributed by atoms with Crippen molar-refractivity contribution in [3.63, 3.8) is 0 Å². The van der Waals surface area contributed by atoms with E-state index in [4.69, 9.17) is 10.3 Å². The van der Waals surface area contributed by atoms with Gasteiger partial charge in [-0.05, 0) is 30.2 Å². The average Bonchev–Trinajstić information content (AvgIpc) is 2.72. The highest BCUT2D eigenvalue weighted by atomic mass is 16.5. The molecule has 3 rings (SSSR count). The van der Waals surface area contributed by atoms with Gasteiger partial charge in [-0.15, -0.1) is 0 Å². The van der Waals surface area contributed by atoms with E-state index in [1.54, 1.807) is 0 Å². The molecule has 1 atom stereocenters. The second-order valence-corrected chi connectivity index (χ2v) is 5.08. The van der Waals surface area contributed by atoms with Crippen LogP contribution in [0.3, 0.4) is 0 Å².